The third-order valence-corrected chi connectivity index (χ3v) is 7.06. The highest BCUT2D eigenvalue weighted by Gasteiger charge is 2.58. The van der Waals surface area contributed by atoms with Crippen LogP contribution in [0.25, 0.3) is 0 Å². The van der Waals surface area contributed by atoms with Crippen LogP contribution in [0.4, 0.5) is 4.79 Å². The molecule has 1 heterocycles. The summed E-state index contributed by atoms with van der Waals surface area (Å²) in [7, 11) is 0. The topological polar surface area (TPSA) is 68.2 Å². The highest BCUT2D eigenvalue weighted by molar-refractivity contribution is 5.69. The second kappa shape index (κ2) is 11.8. The van der Waals surface area contributed by atoms with Crippen LogP contribution in [0.15, 0.2) is 121 Å². The molecule has 200 valence electrons. The zero-order valence-electron chi connectivity index (χ0n) is 22.0. The summed E-state index contributed by atoms with van der Waals surface area (Å²) in [5.41, 5.74) is 1.99. The molecule has 0 bridgehead atoms. The fourth-order valence-electron chi connectivity index (χ4n) is 5.22. The Bertz CT molecular complexity index is 1240. The van der Waals surface area contributed by atoms with E-state index in [9.17, 15) is 9.90 Å². The molecule has 4 aromatic carbocycles. The number of benzene rings is 4. The summed E-state index contributed by atoms with van der Waals surface area (Å²) in [6.07, 6.45) is -1.08. The normalized spacial score (nSPS) is 19.1. The maximum atomic E-state index is 13.5. The van der Waals surface area contributed by atoms with E-state index in [-0.39, 0.29) is 13.2 Å². The van der Waals surface area contributed by atoms with Gasteiger partial charge in [-0.15, -0.1) is 0 Å². The Morgan fingerprint density at radius 3 is 1.74 bits per heavy atom. The molecule has 2 atom stereocenters. The molecule has 0 saturated carbocycles. The summed E-state index contributed by atoms with van der Waals surface area (Å²) >= 11 is 0. The highest BCUT2D eigenvalue weighted by Crippen LogP contribution is 2.46. The van der Waals surface area contributed by atoms with Gasteiger partial charge in [0.05, 0.1) is 0 Å². The van der Waals surface area contributed by atoms with Crippen molar-refractivity contribution in [3.63, 3.8) is 0 Å². The molecule has 0 unspecified atom stereocenters. The van der Waals surface area contributed by atoms with Gasteiger partial charge in [0.1, 0.15) is 18.3 Å². The van der Waals surface area contributed by atoms with Crippen molar-refractivity contribution in [1.82, 2.24) is 4.90 Å². The van der Waals surface area contributed by atoms with Crippen LogP contribution in [0.2, 0.25) is 0 Å². The summed E-state index contributed by atoms with van der Waals surface area (Å²) in [4.78, 5) is 14.7. The van der Waals surface area contributed by atoms with Gasteiger partial charge in [0, 0.05) is 13.2 Å². The number of ether oxygens (including phenoxy) is 3. The van der Waals surface area contributed by atoms with E-state index in [1.807, 2.05) is 128 Å². The van der Waals surface area contributed by atoms with Crippen molar-refractivity contribution in [3.05, 3.63) is 144 Å². The number of likely N-dealkylation sites (tertiary alicyclic amines) is 1. The Kier molecular flexibility index (Phi) is 8.07. The Labute approximate surface area is 229 Å². The van der Waals surface area contributed by atoms with Crippen molar-refractivity contribution in [1.29, 1.82) is 0 Å². The number of rotatable bonds is 9. The first kappa shape index (κ1) is 26.6. The molecule has 0 aliphatic carbocycles. The van der Waals surface area contributed by atoms with E-state index in [1.165, 1.54) is 4.90 Å². The molecule has 0 radical (unpaired) electrons. The molecule has 1 amide bonds. The van der Waals surface area contributed by atoms with Crippen molar-refractivity contribution in [2.24, 2.45) is 0 Å². The Balaban J connectivity index is 1.61. The molecule has 1 fully saturated rings. The second-order valence-electron chi connectivity index (χ2n) is 9.46. The fourth-order valence-corrected chi connectivity index (χ4v) is 5.22. The van der Waals surface area contributed by atoms with Crippen molar-refractivity contribution in [3.8, 4) is 0 Å². The number of carbonyl (C=O) groups is 1. The maximum absolute atomic E-state index is 13.5. The molecule has 6 nitrogen and oxygen atoms in total. The molecule has 1 aliphatic rings. The van der Waals surface area contributed by atoms with E-state index < -0.39 is 23.7 Å². The third-order valence-electron chi connectivity index (χ3n) is 7.06. The van der Waals surface area contributed by atoms with Gasteiger partial charge >= 0.3 is 6.09 Å². The van der Waals surface area contributed by atoms with Crippen molar-refractivity contribution < 1.29 is 24.1 Å². The smallest absolute Gasteiger partial charge is 0.414 e. The molecule has 6 heteroatoms. The molecule has 0 spiro atoms. The zero-order valence-corrected chi connectivity index (χ0v) is 22.0. The number of nitrogens with zero attached hydrogens (tertiary/aromatic N) is 1. The van der Waals surface area contributed by atoms with Gasteiger partial charge in [0.2, 0.25) is 0 Å². The summed E-state index contributed by atoms with van der Waals surface area (Å²) in [6, 6.07) is 38.6. The largest absolute Gasteiger partial charge is 0.444 e. The first-order valence-electron chi connectivity index (χ1n) is 13.3. The predicted octanol–water partition coefficient (Wildman–Crippen LogP) is 6.09. The predicted molar refractivity (Wildman–Crippen MR) is 149 cm³/mol. The molecule has 1 saturated heterocycles. The second-order valence-corrected chi connectivity index (χ2v) is 9.46. The first-order chi connectivity index (χ1) is 19.1. The lowest BCUT2D eigenvalue weighted by Crippen LogP contribution is -2.59. The van der Waals surface area contributed by atoms with Crippen LogP contribution in [0, 0.1) is 0 Å². The molecule has 4 aromatic rings. The highest BCUT2D eigenvalue weighted by atomic mass is 16.7. The first-order valence-corrected chi connectivity index (χ1v) is 13.3. The van der Waals surface area contributed by atoms with Crippen LogP contribution in [-0.2, 0) is 26.4 Å². The number of hydrogen-bond donors (Lipinski definition) is 1. The van der Waals surface area contributed by atoms with E-state index in [0.717, 1.165) is 22.3 Å². The Morgan fingerprint density at radius 2 is 1.28 bits per heavy atom. The van der Waals surface area contributed by atoms with Crippen LogP contribution < -0.4 is 0 Å². The van der Waals surface area contributed by atoms with Crippen LogP contribution in [0.1, 0.15) is 35.6 Å². The quantitative estimate of drug-likeness (QED) is 0.212. The van der Waals surface area contributed by atoms with Gasteiger partial charge in [0.25, 0.3) is 5.91 Å². The van der Waals surface area contributed by atoms with Crippen molar-refractivity contribution in [2.45, 2.75) is 37.6 Å². The standard InChI is InChI=1S/C33H33NO5/c1-2-37-30-23-24-34(31(35)38-25-26-15-7-3-8-16-26)33(30,36)39-32(27-17-9-4-10-18-27,28-19-11-5-12-20-28)29-21-13-6-14-22-29/h3-22,30,36H,2,23-25H2,1H3/t30-,33-/m1/s1. The SMILES string of the molecule is CCO[C@@H]1CCN(C(=O)OCc2ccccc2)[C@]1(O)OC(c1ccccc1)(c1ccccc1)c1ccccc1. The van der Waals surface area contributed by atoms with E-state index in [2.05, 4.69) is 0 Å². The number of aliphatic hydroxyl groups is 1. The molecule has 0 aromatic heterocycles. The monoisotopic (exact) mass is 523 g/mol. The van der Waals surface area contributed by atoms with Gasteiger partial charge in [0.15, 0.2) is 0 Å². The molecular weight excluding hydrogens is 490 g/mol. The van der Waals surface area contributed by atoms with Crippen LogP contribution >= 0.6 is 0 Å². The number of hydrogen-bond acceptors (Lipinski definition) is 5. The van der Waals surface area contributed by atoms with E-state index in [1.54, 1.807) is 0 Å². The minimum absolute atomic E-state index is 0.0761. The van der Waals surface area contributed by atoms with Gasteiger partial charge in [-0.05, 0) is 35.6 Å². The summed E-state index contributed by atoms with van der Waals surface area (Å²) < 4.78 is 18.6. The summed E-state index contributed by atoms with van der Waals surface area (Å²) in [5, 5.41) is 12.4. The summed E-state index contributed by atoms with van der Waals surface area (Å²) in [6.45, 7) is 2.49. The fraction of sp³-hybridized carbons (Fsp3) is 0.242. The van der Waals surface area contributed by atoms with Gasteiger partial charge in [-0.2, -0.15) is 0 Å². The number of carbonyl (C=O) groups excluding carboxylic acids is 1. The molecule has 5 rings (SSSR count). The van der Waals surface area contributed by atoms with Crippen LogP contribution in [0.3, 0.4) is 0 Å². The van der Waals surface area contributed by atoms with E-state index in [0.29, 0.717) is 13.0 Å². The molecular formula is C33H33NO5. The number of amides is 1. The van der Waals surface area contributed by atoms with E-state index >= 15 is 0 Å². The minimum Gasteiger partial charge on any atom is -0.444 e. The van der Waals surface area contributed by atoms with E-state index in [4.69, 9.17) is 14.2 Å². The maximum Gasteiger partial charge on any atom is 0.414 e. The van der Waals surface area contributed by atoms with Crippen molar-refractivity contribution in [2.75, 3.05) is 13.2 Å². The molecule has 1 aliphatic heterocycles. The lowest BCUT2D eigenvalue weighted by atomic mass is 9.80. The average Bonchev–Trinajstić information content (AvgIpc) is 3.32. The Morgan fingerprint density at radius 1 is 0.821 bits per heavy atom. The minimum atomic E-state index is -2.12. The van der Waals surface area contributed by atoms with Crippen LogP contribution in [0.5, 0.6) is 0 Å². The van der Waals surface area contributed by atoms with Gasteiger partial charge in [-0.25, -0.2) is 4.79 Å². The Hall–Kier alpha value is -3.97. The third kappa shape index (κ3) is 5.32. The van der Waals surface area contributed by atoms with Gasteiger partial charge in [-0.1, -0.05) is 121 Å². The lowest BCUT2D eigenvalue weighted by Gasteiger charge is -2.45. The average molecular weight is 524 g/mol. The lowest BCUT2D eigenvalue weighted by molar-refractivity contribution is -0.337. The van der Waals surface area contributed by atoms with Crippen molar-refractivity contribution >= 4 is 6.09 Å². The molecule has 39 heavy (non-hydrogen) atoms. The van der Waals surface area contributed by atoms with Gasteiger partial charge < -0.3 is 19.3 Å². The van der Waals surface area contributed by atoms with Crippen LogP contribution in [-0.4, -0.2) is 41.3 Å². The zero-order chi connectivity index (χ0) is 27.1. The summed E-state index contributed by atoms with van der Waals surface area (Å²) in [5.74, 6) is -2.12. The molecule has 1 N–H and O–H groups in total. The van der Waals surface area contributed by atoms with Gasteiger partial charge in [-0.3, -0.25) is 4.90 Å².